The Kier molecular flexibility index (Phi) is 16.7. The fraction of sp³-hybridized carbons (Fsp3) is 0.439. The number of aliphatic hydroxyl groups is 1. The molecule has 2 saturated heterocycles. The topological polar surface area (TPSA) is 215 Å². The van der Waals surface area contributed by atoms with E-state index in [0.717, 1.165) is 11.1 Å². The van der Waals surface area contributed by atoms with Crippen molar-refractivity contribution < 1.29 is 43.4 Å². The van der Waals surface area contributed by atoms with Gasteiger partial charge in [0.15, 0.2) is 5.78 Å². The number of aliphatic hydroxyl groups excluding tert-OH is 1. The van der Waals surface area contributed by atoms with Crippen LogP contribution in [0.5, 0.6) is 5.75 Å². The Morgan fingerprint density at radius 1 is 0.847 bits per heavy atom. The summed E-state index contributed by atoms with van der Waals surface area (Å²) < 4.78 is 16.8. The number of carbonyl (C=O) groups excluding carboxylic acids is 3. The average Bonchev–Trinajstić information content (AvgIpc) is 3.25. The summed E-state index contributed by atoms with van der Waals surface area (Å²) in [7, 11) is 1.39. The van der Waals surface area contributed by atoms with E-state index in [4.69, 9.17) is 35.5 Å². The predicted molar refractivity (Wildman–Crippen MR) is 223 cm³/mol. The van der Waals surface area contributed by atoms with E-state index in [1.54, 1.807) is 24.3 Å². The van der Waals surface area contributed by atoms with E-state index in [1.165, 1.54) is 26.2 Å². The number of hydroxylamine groups is 2. The molecule has 0 saturated carbocycles. The van der Waals surface area contributed by atoms with Crippen molar-refractivity contribution in [2.45, 2.75) is 56.5 Å². The van der Waals surface area contributed by atoms with E-state index in [1.807, 2.05) is 12.1 Å². The second-order valence-electron chi connectivity index (χ2n) is 13.9. The summed E-state index contributed by atoms with van der Waals surface area (Å²) in [6, 6.07) is 13.5. The van der Waals surface area contributed by atoms with Crippen LogP contribution < -0.4 is 26.3 Å². The highest BCUT2D eigenvalue weighted by atomic mass is 35.5. The Labute approximate surface area is 347 Å². The third-order valence-corrected chi connectivity index (χ3v) is 10.3. The van der Waals surface area contributed by atoms with E-state index >= 15 is 0 Å². The normalized spacial score (nSPS) is 16.5. The summed E-state index contributed by atoms with van der Waals surface area (Å²) in [6.45, 7) is 11.7. The lowest BCUT2D eigenvalue weighted by Crippen LogP contribution is -2.43. The highest BCUT2D eigenvalue weighted by molar-refractivity contribution is 6.31. The van der Waals surface area contributed by atoms with Crippen LogP contribution in [-0.2, 0) is 46.5 Å². The molecule has 0 aliphatic carbocycles. The van der Waals surface area contributed by atoms with E-state index in [-0.39, 0.29) is 23.1 Å². The zero-order chi connectivity index (χ0) is 42.3. The first-order valence-corrected chi connectivity index (χ1v) is 19.5. The number of ether oxygens (including phenoxy) is 3. The SMILES string of the molecule is C=NCCNOC1(c2cc(NC(=O)c3ccc(N=NC(C(C)=O)C(=O)Nc4cc(CO)c(Cl)cc4OC)cc3)cc(C3(ONCCN=C)CCOCC3)c2)CCOCC1. The number of anilines is 2. The lowest BCUT2D eigenvalue weighted by molar-refractivity contribution is -0.162. The van der Waals surface area contributed by atoms with Gasteiger partial charge in [-0.05, 0) is 85.6 Å². The molecule has 59 heavy (non-hydrogen) atoms. The molecular formula is C41H51ClN8O9. The first kappa shape index (κ1) is 45.1. The number of nitrogens with one attached hydrogen (secondary N) is 4. The minimum atomic E-state index is -1.49. The van der Waals surface area contributed by atoms with Gasteiger partial charge in [0.25, 0.3) is 11.8 Å². The molecule has 0 bridgehead atoms. The molecule has 18 heteroatoms. The summed E-state index contributed by atoms with van der Waals surface area (Å²) >= 11 is 6.15. The monoisotopic (exact) mass is 834 g/mol. The quantitative estimate of drug-likeness (QED) is 0.0308. The van der Waals surface area contributed by atoms with Crippen LogP contribution in [0.3, 0.4) is 0 Å². The zero-order valence-corrected chi connectivity index (χ0v) is 34.0. The van der Waals surface area contributed by atoms with Crippen molar-refractivity contribution in [3.8, 4) is 5.75 Å². The Morgan fingerprint density at radius 3 is 1.90 bits per heavy atom. The molecule has 5 N–H and O–H groups in total. The summed E-state index contributed by atoms with van der Waals surface area (Å²) in [5.41, 5.74) is 7.90. The van der Waals surface area contributed by atoms with Crippen LogP contribution in [-0.4, -0.2) is 102 Å². The second-order valence-corrected chi connectivity index (χ2v) is 14.3. The number of benzene rings is 3. The number of carbonyl (C=O) groups is 3. The van der Waals surface area contributed by atoms with Crippen LogP contribution in [0.1, 0.15) is 59.7 Å². The molecule has 2 aliphatic heterocycles. The van der Waals surface area contributed by atoms with Crippen LogP contribution in [0.25, 0.3) is 0 Å². The maximum absolute atomic E-state index is 13.8. The molecule has 316 valence electrons. The number of nitrogens with zero attached hydrogens (tertiary/aromatic N) is 4. The second kappa shape index (κ2) is 21.9. The number of azo groups is 1. The van der Waals surface area contributed by atoms with Crippen molar-refractivity contribution >= 4 is 59.7 Å². The van der Waals surface area contributed by atoms with Gasteiger partial charge in [0, 0.05) is 87.5 Å². The van der Waals surface area contributed by atoms with Crippen LogP contribution in [0, 0.1) is 0 Å². The highest BCUT2D eigenvalue weighted by Crippen LogP contribution is 2.42. The van der Waals surface area contributed by atoms with Crippen LogP contribution in [0.4, 0.5) is 17.1 Å². The molecule has 2 heterocycles. The van der Waals surface area contributed by atoms with Crippen molar-refractivity contribution in [1.29, 1.82) is 0 Å². The smallest absolute Gasteiger partial charge is 0.258 e. The van der Waals surface area contributed by atoms with Crippen molar-refractivity contribution in [1.82, 2.24) is 11.0 Å². The van der Waals surface area contributed by atoms with Gasteiger partial charge in [-0.25, -0.2) is 0 Å². The highest BCUT2D eigenvalue weighted by Gasteiger charge is 2.41. The van der Waals surface area contributed by atoms with Crippen LogP contribution >= 0.6 is 11.6 Å². The van der Waals surface area contributed by atoms with Crippen molar-refractivity contribution in [3.05, 3.63) is 81.9 Å². The number of rotatable bonds is 21. The lowest BCUT2D eigenvalue weighted by atomic mass is 9.80. The molecule has 0 radical (unpaired) electrons. The predicted octanol–water partition coefficient (Wildman–Crippen LogP) is 5.23. The number of aliphatic imine (C=N–C) groups is 2. The largest absolute Gasteiger partial charge is 0.495 e. The molecule has 5 rings (SSSR count). The zero-order valence-electron chi connectivity index (χ0n) is 33.3. The minimum Gasteiger partial charge on any atom is -0.495 e. The minimum absolute atomic E-state index is 0.196. The Morgan fingerprint density at radius 2 is 1.41 bits per heavy atom. The average molecular weight is 835 g/mol. The lowest BCUT2D eigenvalue weighted by Gasteiger charge is -2.40. The fourth-order valence-corrected chi connectivity index (χ4v) is 6.88. The Bertz CT molecular complexity index is 1910. The standard InChI is InChI=1S/C41H51ClN8O9/c1-27(52)37(39(54)48-35-21-29(26-51)34(42)25-36(35)55-4)50-49-32-7-5-28(6-8-32)38(53)47-33-23-30(40(9-17-56-18-10-40)58-45-15-13-43-2)22-31(24-33)41(11-19-57-20-12-41)59-46-16-14-44-3/h5-8,21-25,37,45-46,51H,2-3,9-20,26H2,1,4H3,(H,47,53)(H,48,54). The number of amides is 2. The molecular weight excluding hydrogens is 784 g/mol. The Hall–Kier alpha value is -4.98. The number of halogens is 1. The fourth-order valence-electron chi connectivity index (χ4n) is 6.67. The third-order valence-electron chi connectivity index (χ3n) is 9.97. The number of ketones is 1. The first-order valence-electron chi connectivity index (χ1n) is 19.2. The van der Waals surface area contributed by atoms with Gasteiger partial charge in [0.2, 0.25) is 6.04 Å². The summed E-state index contributed by atoms with van der Waals surface area (Å²) in [5, 5.41) is 23.7. The van der Waals surface area contributed by atoms with Gasteiger partial charge in [0.05, 0.1) is 38.2 Å². The molecule has 0 aromatic heterocycles. The molecule has 1 unspecified atom stereocenters. The van der Waals surface area contributed by atoms with Crippen LogP contribution in [0.2, 0.25) is 5.02 Å². The molecule has 17 nitrogen and oxygen atoms in total. The first-order chi connectivity index (χ1) is 28.6. The number of hydrogen-bond acceptors (Lipinski definition) is 15. The van der Waals surface area contributed by atoms with Gasteiger partial charge < -0.3 is 30.0 Å². The summed E-state index contributed by atoms with van der Waals surface area (Å²) in [6.07, 6.45) is 2.23. The van der Waals surface area contributed by atoms with Gasteiger partial charge in [-0.2, -0.15) is 21.2 Å². The molecule has 2 fully saturated rings. The number of methoxy groups -OCH3 is 1. The Balaban J connectivity index is 1.39. The van der Waals surface area contributed by atoms with Gasteiger partial charge in [-0.3, -0.25) is 34.0 Å². The van der Waals surface area contributed by atoms with E-state index in [0.29, 0.717) is 101 Å². The van der Waals surface area contributed by atoms with Gasteiger partial charge in [-0.1, -0.05) is 11.6 Å². The number of hydrogen-bond donors (Lipinski definition) is 5. The van der Waals surface area contributed by atoms with E-state index in [2.05, 4.69) is 61.3 Å². The molecule has 0 spiro atoms. The van der Waals surface area contributed by atoms with Gasteiger partial charge >= 0.3 is 0 Å². The molecule has 3 aromatic rings. The van der Waals surface area contributed by atoms with Gasteiger partial charge in [0.1, 0.15) is 17.0 Å². The van der Waals surface area contributed by atoms with E-state index in [9.17, 15) is 19.5 Å². The van der Waals surface area contributed by atoms with E-state index < -0.39 is 34.8 Å². The van der Waals surface area contributed by atoms with Crippen molar-refractivity contribution in [2.24, 2.45) is 20.2 Å². The molecule has 1 atom stereocenters. The molecule has 2 aliphatic rings. The van der Waals surface area contributed by atoms with Crippen molar-refractivity contribution in [2.75, 3.05) is 70.3 Å². The third kappa shape index (κ3) is 11.8. The van der Waals surface area contributed by atoms with Gasteiger partial charge in [-0.15, -0.1) is 0 Å². The molecule has 3 aromatic carbocycles. The summed E-state index contributed by atoms with van der Waals surface area (Å²) in [4.78, 5) is 60.1. The number of Topliss-reactive ketones (excluding diaryl/α,β-unsaturated/α-hetero) is 1. The van der Waals surface area contributed by atoms with Crippen LogP contribution in [0.15, 0.2) is 74.8 Å². The maximum atomic E-state index is 13.8. The maximum Gasteiger partial charge on any atom is 0.258 e. The summed E-state index contributed by atoms with van der Waals surface area (Å²) in [5.74, 6) is -1.49. The van der Waals surface area contributed by atoms with Crippen molar-refractivity contribution in [3.63, 3.8) is 0 Å². The molecule has 2 amide bonds.